The van der Waals surface area contributed by atoms with Gasteiger partial charge in [-0.25, -0.2) is 4.98 Å². The highest BCUT2D eigenvalue weighted by molar-refractivity contribution is 6.01. The van der Waals surface area contributed by atoms with Gasteiger partial charge in [-0.1, -0.05) is 59.7 Å². The van der Waals surface area contributed by atoms with Gasteiger partial charge >= 0.3 is 0 Å². The lowest BCUT2D eigenvalue weighted by atomic mass is 10.1. The summed E-state index contributed by atoms with van der Waals surface area (Å²) in [4.78, 5) is 14.5. The Balaban J connectivity index is 1.78. The minimum Gasteiger partial charge on any atom is -0.254 e. The summed E-state index contributed by atoms with van der Waals surface area (Å²) in [6.07, 6.45) is 3.74. The van der Waals surface area contributed by atoms with Crippen LogP contribution >= 0.6 is 0 Å². The molecule has 1 aromatic heterocycles. The molecule has 4 aromatic rings. The van der Waals surface area contributed by atoms with Gasteiger partial charge in [0, 0.05) is 5.39 Å². The smallest absolute Gasteiger partial charge is 0.0898 e. The van der Waals surface area contributed by atoms with E-state index in [1.54, 1.807) is 0 Å². The van der Waals surface area contributed by atoms with Crippen molar-refractivity contribution in [3.63, 3.8) is 0 Å². The molecule has 0 aliphatic carbocycles. The molecule has 0 spiro atoms. The summed E-state index contributed by atoms with van der Waals surface area (Å²) in [6.45, 7) is 12.6. The molecule has 3 nitrogen and oxygen atoms in total. The SMILES string of the molecule is Cc1cc(C)c(/N=C/c2cc3ccccc3c(/C=N/c3c(C)cc(C)cc3C)n2)c(C)c1. The maximum absolute atomic E-state index is 4.89. The number of rotatable bonds is 4. The molecule has 0 fully saturated rings. The first-order chi connectivity index (χ1) is 15.3. The van der Waals surface area contributed by atoms with Gasteiger partial charge in [0.15, 0.2) is 0 Å². The predicted octanol–water partition coefficient (Wildman–Crippen LogP) is 7.59. The summed E-state index contributed by atoms with van der Waals surface area (Å²) in [5.74, 6) is 0. The highest BCUT2D eigenvalue weighted by Crippen LogP contribution is 2.27. The molecule has 3 heteroatoms. The van der Waals surface area contributed by atoms with Crippen LogP contribution in [-0.4, -0.2) is 17.4 Å². The normalized spacial score (nSPS) is 11.8. The van der Waals surface area contributed by atoms with E-state index in [9.17, 15) is 0 Å². The Hall–Kier alpha value is -3.59. The first kappa shape index (κ1) is 21.6. The van der Waals surface area contributed by atoms with Crippen molar-refractivity contribution in [2.45, 2.75) is 41.5 Å². The third kappa shape index (κ3) is 4.52. The highest BCUT2D eigenvalue weighted by Gasteiger charge is 2.07. The number of hydrogen-bond acceptors (Lipinski definition) is 3. The van der Waals surface area contributed by atoms with Gasteiger partial charge in [-0.3, -0.25) is 9.98 Å². The zero-order valence-electron chi connectivity index (χ0n) is 19.7. The molecular weight excluding hydrogens is 390 g/mol. The largest absolute Gasteiger partial charge is 0.254 e. The number of nitrogens with zero attached hydrogens (tertiary/aromatic N) is 3. The average molecular weight is 420 g/mol. The van der Waals surface area contributed by atoms with Crippen molar-refractivity contribution in [2.75, 3.05) is 0 Å². The number of aliphatic imine (C=N–C) groups is 2. The molecule has 0 N–H and O–H groups in total. The van der Waals surface area contributed by atoms with Crippen LogP contribution in [0.15, 0.2) is 64.6 Å². The summed E-state index contributed by atoms with van der Waals surface area (Å²) < 4.78 is 0. The molecule has 4 rings (SSSR count). The van der Waals surface area contributed by atoms with E-state index in [0.29, 0.717) is 0 Å². The molecule has 32 heavy (non-hydrogen) atoms. The molecule has 0 saturated heterocycles. The monoisotopic (exact) mass is 419 g/mol. The van der Waals surface area contributed by atoms with E-state index in [2.05, 4.69) is 84.0 Å². The lowest BCUT2D eigenvalue weighted by Gasteiger charge is -2.08. The third-order valence-electron chi connectivity index (χ3n) is 5.70. The van der Waals surface area contributed by atoms with Gasteiger partial charge in [-0.2, -0.15) is 0 Å². The fraction of sp³-hybridized carbons (Fsp3) is 0.207. The van der Waals surface area contributed by atoms with E-state index in [4.69, 9.17) is 15.0 Å². The van der Waals surface area contributed by atoms with Crippen LogP contribution in [0.25, 0.3) is 10.8 Å². The molecule has 0 atom stereocenters. The standard InChI is InChI=1S/C29H29N3/c1-18-11-20(3)28(21(4)12-18)30-16-25-15-24-9-7-8-10-26(24)27(32-25)17-31-29-22(5)13-19(2)14-23(29)6/h7-17H,1-6H3/b30-16+,31-17+. The van der Waals surface area contributed by atoms with Gasteiger partial charge in [0.1, 0.15) is 0 Å². The second-order valence-electron chi connectivity index (χ2n) is 8.66. The minimum absolute atomic E-state index is 0.821. The van der Waals surface area contributed by atoms with Crippen LogP contribution in [0.2, 0.25) is 0 Å². The molecule has 1 heterocycles. The van der Waals surface area contributed by atoms with E-state index in [1.807, 2.05) is 24.6 Å². The first-order valence-corrected chi connectivity index (χ1v) is 11.0. The van der Waals surface area contributed by atoms with Crippen LogP contribution in [-0.2, 0) is 0 Å². The summed E-state index contributed by atoms with van der Waals surface area (Å²) in [7, 11) is 0. The zero-order valence-corrected chi connectivity index (χ0v) is 19.7. The molecule has 0 radical (unpaired) electrons. The van der Waals surface area contributed by atoms with E-state index in [-0.39, 0.29) is 0 Å². The number of hydrogen-bond donors (Lipinski definition) is 0. The van der Waals surface area contributed by atoms with Crippen molar-refractivity contribution < 1.29 is 0 Å². The van der Waals surface area contributed by atoms with Crippen molar-refractivity contribution in [1.29, 1.82) is 0 Å². The molecule has 0 saturated carbocycles. The van der Waals surface area contributed by atoms with Crippen molar-refractivity contribution in [1.82, 2.24) is 4.98 Å². The van der Waals surface area contributed by atoms with Crippen LogP contribution in [0.5, 0.6) is 0 Å². The number of benzene rings is 3. The summed E-state index contributed by atoms with van der Waals surface area (Å²) in [5, 5.41) is 2.21. The van der Waals surface area contributed by atoms with Crippen LogP contribution in [0.4, 0.5) is 11.4 Å². The Kier molecular flexibility index (Phi) is 6.00. The summed E-state index contributed by atoms with van der Waals surface area (Å²) in [6, 6.07) is 19.0. The number of aryl methyl sites for hydroxylation is 6. The van der Waals surface area contributed by atoms with Crippen LogP contribution in [0.3, 0.4) is 0 Å². The molecule has 0 unspecified atom stereocenters. The Morgan fingerprint density at radius 1 is 0.625 bits per heavy atom. The second kappa shape index (κ2) is 8.88. The number of aromatic nitrogens is 1. The maximum atomic E-state index is 4.89. The lowest BCUT2D eigenvalue weighted by molar-refractivity contribution is 1.27. The highest BCUT2D eigenvalue weighted by atomic mass is 14.8. The van der Waals surface area contributed by atoms with Gasteiger partial charge < -0.3 is 0 Å². The molecule has 3 aromatic carbocycles. The lowest BCUT2D eigenvalue weighted by Crippen LogP contribution is -1.97. The topological polar surface area (TPSA) is 37.6 Å². The average Bonchev–Trinajstić information content (AvgIpc) is 2.72. The fourth-order valence-electron chi connectivity index (χ4n) is 4.42. The van der Waals surface area contributed by atoms with Crippen molar-refractivity contribution in [2.24, 2.45) is 9.98 Å². The van der Waals surface area contributed by atoms with Crippen molar-refractivity contribution in [3.05, 3.63) is 99.4 Å². The third-order valence-corrected chi connectivity index (χ3v) is 5.70. The second-order valence-corrected chi connectivity index (χ2v) is 8.66. The predicted molar refractivity (Wildman–Crippen MR) is 138 cm³/mol. The van der Waals surface area contributed by atoms with Crippen LogP contribution in [0.1, 0.15) is 44.8 Å². The Labute approximate surface area is 190 Å². The van der Waals surface area contributed by atoms with Gasteiger partial charge in [0.2, 0.25) is 0 Å². The Bertz CT molecular complexity index is 1330. The van der Waals surface area contributed by atoms with E-state index in [1.165, 1.54) is 33.4 Å². The zero-order chi connectivity index (χ0) is 22.8. The van der Waals surface area contributed by atoms with E-state index in [0.717, 1.165) is 33.5 Å². The van der Waals surface area contributed by atoms with E-state index >= 15 is 0 Å². The molecule has 0 bridgehead atoms. The number of fused-ring (bicyclic) bond motifs is 1. The quantitative estimate of drug-likeness (QED) is 0.314. The molecule has 0 aliphatic rings. The number of pyridine rings is 1. The summed E-state index contributed by atoms with van der Waals surface area (Å²) >= 11 is 0. The van der Waals surface area contributed by atoms with Crippen LogP contribution < -0.4 is 0 Å². The molecular formula is C29H29N3. The van der Waals surface area contributed by atoms with Gasteiger partial charge in [-0.05, 0) is 75.2 Å². The van der Waals surface area contributed by atoms with Crippen molar-refractivity contribution >= 4 is 34.6 Å². The fourth-order valence-corrected chi connectivity index (χ4v) is 4.42. The Morgan fingerprint density at radius 2 is 1.12 bits per heavy atom. The molecule has 0 aliphatic heterocycles. The summed E-state index contributed by atoms with van der Waals surface area (Å²) in [5.41, 5.74) is 10.9. The molecule has 160 valence electrons. The van der Waals surface area contributed by atoms with Gasteiger partial charge in [0.25, 0.3) is 0 Å². The molecule has 0 amide bonds. The van der Waals surface area contributed by atoms with Gasteiger partial charge in [-0.15, -0.1) is 0 Å². The first-order valence-electron chi connectivity index (χ1n) is 11.0. The van der Waals surface area contributed by atoms with Crippen LogP contribution in [0, 0.1) is 41.5 Å². The van der Waals surface area contributed by atoms with Gasteiger partial charge in [0.05, 0.1) is 35.2 Å². The van der Waals surface area contributed by atoms with E-state index < -0.39 is 0 Å². The maximum Gasteiger partial charge on any atom is 0.0898 e. The Morgan fingerprint density at radius 3 is 1.69 bits per heavy atom. The van der Waals surface area contributed by atoms with Crippen molar-refractivity contribution in [3.8, 4) is 0 Å². The minimum atomic E-state index is 0.821.